The third-order valence-electron chi connectivity index (χ3n) is 4.34. The molecule has 0 aliphatic carbocycles. The Balaban J connectivity index is 1.56. The fourth-order valence-corrected chi connectivity index (χ4v) is 3.62. The predicted octanol–water partition coefficient (Wildman–Crippen LogP) is 2.03. The van der Waals surface area contributed by atoms with Crippen molar-refractivity contribution in [3.63, 3.8) is 0 Å². The van der Waals surface area contributed by atoms with Crippen LogP contribution in [0.3, 0.4) is 0 Å². The highest BCUT2D eigenvalue weighted by Crippen LogP contribution is 2.15. The van der Waals surface area contributed by atoms with Crippen molar-refractivity contribution in [3.05, 3.63) is 78.1 Å². The number of nitrogens with zero attached hydrogens (tertiary/aromatic N) is 3. The quantitative estimate of drug-likeness (QED) is 0.569. The lowest BCUT2D eigenvalue weighted by molar-refractivity contribution is -0.0258. The Bertz CT molecular complexity index is 1060. The molecule has 0 fully saturated rings. The number of amides is 1. The number of aromatic nitrogens is 2. The molecule has 1 amide bonds. The molecule has 152 valence electrons. The molecular formula is C20H22N4O4S. The molecule has 29 heavy (non-hydrogen) atoms. The summed E-state index contributed by atoms with van der Waals surface area (Å²) < 4.78 is 26.9. The van der Waals surface area contributed by atoms with Gasteiger partial charge in [-0.15, -0.1) is 0 Å². The van der Waals surface area contributed by atoms with Gasteiger partial charge in [-0.2, -0.15) is 5.10 Å². The maximum absolute atomic E-state index is 12.3. The molecule has 1 aromatic heterocycles. The van der Waals surface area contributed by atoms with E-state index in [1.54, 1.807) is 4.68 Å². The molecule has 0 aliphatic heterocycles. The van der Waals surface area contributed by atoms with Crippen LogP contribution in [0, 0.1) is 0 Å². The summed E-state index contributed by atoms with van der Waals surface area (Å²) in [5, 5.41) is 7.31. The van der Waals surface area contributed by atoms with Crippen LogP contribution in [0.2, 0.25) is 0 Å². The van der Waals surface area contributed by atoms with E-state index < -0.39 is 10.0 Å². The zero-order chi connectivity index (χ0) is 20.9. The first-order valence-electron chi connectivity index (χ1n) is 8.93. The van der Waals surface area contributed by atoms with Crippen LogP contribution in [0.25, 0.3) is 5.69 Å². The van der Waals surface area contributed by atoms with Crippen LogP contribution in [-0.4, -0.2) is 49.3 Å². The van der Waals surface area contributed by atoms with Crippen molar-refractivity contribution in [2.24, 2.45) is 0 Å². The monoisotopic (exact) mass is 414 g/mol. The first-order chi connectivity index (χ1) is 13.9. The number of para-hydroxylation sites is 1. The summed E-state index contributed by atoms with van der Waals surface area (Å²) in [5.74, 6) is -0.281. The molecule has 0 unspecified atom stereocenters. The second-order valence-corrected chi connectivity index (χ2v) is 8.15. The van der Waals surface area contributed by atoms with E-state index in [1.165, 1.54) is 38.4 Å². The first-order valence-corrected chi connectivity index (χ1v) is 10.4. The molecule has 1 heterocycles. The van der Waals surface area contributed by atoms with E-state index >= 15 is 0 Å². The Hall–Kier alpha value is -3.01. The van der Waals surface area contributed by atoms with Gasteiger partial charge in [-0.05, 0) is 42.5 Å². The average Bonchev–Trinajstić information content (AvgIpc) is 3.22. The van der Waals surface area contributed by atoms with Gasteiger partial charge in [-0.3, -0.25) is 9.63 Å². The third-order valence-corrected chi connectivity index (χ3v) is 6.04. The smallest absolute Gasteiger partial charge is 0.264 e. The SMILES string of the molecule is CON(C)S(=O)(=O)c1ccc(C(=O)NCCc2ccn(-c3ccccc3)n2)cc1. The minimum atomic E-state index is -3.74. The van der Waals surface area contributed by atoms with Gasteiger partial charge in [-0.25, -0.2) is 13.1 Å². The number of benzene rings is 2. The lowest BCUT2D eigenvalue weighted by Gasteiger charge is -2.14. The molecular weight excluding hydrogens is 392 g/mol. The molecule has 9 heteroatoms. The molecule has 0 radical (unpaired) electrons. The summed E-state index contributed by atoms with van der Waals surface area (Å²) in [7, 11) is -1.17. The summed E-state index contributed by atoms with van der Waals surface area (Å²) >= 11 is 0. The number of carbonyl (C=O) groups is 1. The van der Waals surface area contributed by atoms with Crippen molar-refractivity contribution in [1.29, 1.82) is 0 Å². The van der Waals surface area contributed by atoms with E-state index in [0.717, 1.165) is 15.8 Å². The Labute approximate surface area is 169 Å². The Morgan fingerprint density at radius 2 is 1.79 bits per heavy atom. The van der Waals surface area contributed by atoms with E-state index in [4.69, 9.17) is 4.84 Å². The predicted molar refractivity (Wildman–Crippen MR) is 108 cm³/mol. The molecule has 0 aliphatic rings. The molecule has 1 N–H and O–H groups in total. The summed E-state index contributed by atoms with van der Waals surface area (Å²) in [6, 6.07) is 17.4. The molecule has 0 saturated heterocycles. The Morgan fingerprint density at radius 3 is 2.45 bits per heavy atom. The van der Waals surface area contributed by atoms with Crippen LogP contribution in [0.1, 0.15) is 16.1 Å². The number of carbonyl (C=O) groups excluding carboxylic acids is 1. The Morgan fingerprint density at radius 1 is 1.10 bits per heavy atom. The fourth-order valence-electron chi connectivity index (χ4n) is 2.65. The summed E-state index contributed by atoms with van der Waals surface area (Å²) in [6.07, 6.45) is 2.46. The minimum Gasteiger partial charge on any atom is -0.352 e. The topological polar surface area (TPSA) is 93.5 Å². The van der Waals surface area contributed by atoms with Crippen molar-refractivity contribution in [2.45, 2.75) is 11.3 Å². The van der Waals surface area contributed by atoms with Crippen LogP contribution in [0.4, 0.5) is 0 Å². The summed E-state index contributed by atoms with van der Waals surface area (Å²) in [6.45, 7) is 0.414. The van der Waals surface area contributed by atoms with Crippen LogP contribution in [0.15, 0.2) is 71.8 Å². The third kappa shape index (κ3) is 4.89. The molecule has 0 bridgehead atoms. The van der Waals surface area contributed by atoms with Gasteiger partial charge in [0.25, 0.3) is 15.9 Å². The van der Waals surface area contributed by atoms with Gasteiger partial charge in [-0.1, -0.05) is 22.7 Å². The van der Waals surface area contributed by atoms with Crippen molar-refractivity contribution in [2.75, 3.05) is 20.7 Å². The highest BCUT2D eigenvalue weighted by Gasteiger charge is 2.20. The molecule has 3 aromatic rings. The van der Waals surface area contributed by atoms with Gasteiger partial charge < -0.3 is 5.32 Å². The molecule has 8 nitrogen and oxygen atoms in total. The number of hydrogen-bond acceptors (Lipinski definition) is 5. The number of sulfonamides is 1. The highest BCUT2D eigenvalue weighted by molar-refractivity contribution is 7.89. The zero-order valence-corrected chi connectivity index (χ0v) is 17.0. The second kappa shape index (κ2) is 8.99. The number of rotatable bonds is 8. The van der Waals surface area contributed by atoms with Crippen LogP contribution in [0.5, 0.6) is 0 Å². The van der Waals surface area contributed by atoms with E-state index in [9.17, 15) is 13.2 Å². The minimum absolute atomic E-state index is 0.0462. The van der Waals surface area contributed by atoms with E-state index in [-0.39, 0.29) is 10.8 Å². The van der Waals surface area contributed by atoms with Crippen LogP contribution in [-0.2, 0) is 21.3 Å². The largest absolute Gasteiger partial charge is 0.352 e. The van der Waals surface area contributed by atoms with Crippen molar-refractivity contribution < 1.29 is 18.0 Å². The molecule has 2 aromatic carbocycles. The average molecular weight is 414 g/mol. The molecule has 0 saturated carbocycles. The van der Waals surface area contributed by atoms with Crippen LogP contribution >= 0.6 is 0 Å². The second-order valence-electron chi connectivity index (χ2n) is 6.21. The van der Waals surface area contributed by atoms with Gasteiger partial charge in [0.1, 0.15) is 0 Å². The standard InChI is InChI=1S/C20H22N4O4S/c1-23(28-2)29(26,27)19-10-8-16(9-11-19)20(25)21-14-12-17-13-15-24(22-17)18-6-4-3-5-7-18/h3-11,13,15H,12,14H2,1-2H3,(H,21,25). The first kappa shape index (κ1) is 20.7. The van der Waals surface area contributed by atoms with Gasteiger partial charge in [0.15, 0.2) is 0 Å². The maximum Gasteiger partial charge on any atom is 0.264 e. The normalized spacial score (nSPS) is 11.6. The lowest BCUT2D eigenvalue weighted by atomic mass is 10.2. The van der Waals surface area contributed by atoms with E-state index in [2.05, 4.69) is 10.4 Å². The van der Waals surface area contributed by atoms with Crippen molar-refractivity contribution in [1.82, 2.24) is 19.6 Å². The Kier molecular flexibility index (Phi) is 6.42. The molecule has 0 spiro atoms. The van der Waals surface area contributed by atoms with Gasteiger partial charge in [0.05, 0.1) is 23.4 Å². The van der Waals surface area contributed by atoms with Crippen LogP contribution < -0.4 is 5.32 Å². The number of nitrogens with one attached hydrogen (secondary N) is 1. The van der Waals surface area contributed by atoms with Gasteiger partial charge in [0, 0.05) is 31.8 Å². The van der Waals surface area contributed by atoms with E-state index in [1.807, 2.05) is 42.6 Å². The number of hydroxylamine groups is 1. The highest BCUT2D eigenvalue weighted by atomic mass is 32.2. The van der Waals surface area contributed by atoms with Crippen molar-refractivity contribution >= 4 is 15.9 Å². The van der Waals surface area contributed by atoms with Gasteiger partial charge >= 0.3 is 0 Å². The lowest BCUT2D eigenvalue weighted by Crippen LogP contribution is -2.27. The summed E-state index contributed by atoms with van der Waals surface area (Å²) in [5.41, 5.74) is 2.20. The number of hydrogen-bond donors (Lipinski definition) is 1. The van der Waals surface area contributed by atoms with Crippen molar-refractivity contribution in [3.8, 4) is 5.69 Å². The summed E-state index contributed by atoms with van der Waals surface area (Å²) in [4.78, 5) is 17.1. The van der Waals surface area contributed by atoms with Gasteiger partial charge in [0.2, 0.25) is 0 Å². The molecule has 3 rings (SSSR count). The fraction of sp³-hybridized carbons (Fsp3) is 0.200. The van der Waals surface area contributed by atoms with E-state index in [0.29, 0.717) is 18.5 Å². The molecule has 0 atom stereocenters. The maximum atomic E-state index is 12.3. The zero-order valence-electron chi connectivity index (χ0n) is 16.1.